The molecule has 1 amide bonds. The Morgan fingerprint density at radius 3 is 2.54 bits per heavy atom. The van der Waals surface area contributed by atoms with Crippen molar-refractivity contribution in [1.29, 1.82) is 0 Å². The number of Topliss-reactive ketones (excluding diaryl/α,β-unsaturated/α-hetero) is 1. The number of hydrogen-bond donors (Lipinski definition) is 1. The lowest BCUT2D eigenvalue weighted by molar-refractivity contribution is -0.117. The maximum atomic E-state index is 12.6. The number of carbonyl (C=O) groups is 3. The normalized spacial score (nSPS) is 18.3. The van der Waals surface area contributed by atoms with E-state index in [2.05, 4.69) is 5.32 Å². The average molecular weight is 371 g/mol. The van der Waals surface area contributed by atoms with Gasteiger partial charge >= 0.3 is 5.97 Å². The molecule has 0 radical (unpaired) electrons. The van der Waals surface area contributed by atoms with Crippen molar-refractivity contribution in [2.45, 2.75) is 33.1 Å². The number of hydrogen-bond acceptors (Lipinski definition) is 5. The van der Waals surface area contributed by atoms with E-state index in [1.807, 2.05) is 30.3 Å². The van der Waals surface area contributed by atoms with Gasteiger partial charge in [0.25, 0.3) is 0 Å². The van der Waals surface area contributed by atoms with E-state index >= 15 is 0 Å². The van der Waals surface area contributed by atoms with Crippen LogP contribution >= 0.6 is 11.3 Å². The molecule has 3 rings (SSSR count). The van der Waals surface area contributed by atoms with Gasteiger partial charge in [-0.05, 0) is 44.2 Å². The maximum Gasteiger partial charge on any atom is 0.341 e. The molecule has 1 fully saturated rings. The molecule has 1 aliphatic carbocycles. The Hall–Kier alpha value is -2.47. The molecule has 0 spiro atoms. The molecule has 1 aromatic carbocycles. The van der Waals surface area contributed by atoms with Crippen molar-refractivity contribution in [2.24, 2.45) is 5.92 Å². The second-order valence-corrected chi connectivity index (χ2v) is 7.41. The Kier molecular flexibility index (Phi) is 5.23. The molecule has 0 bridgehead atoms. The maximum absolute atomic E-state index is 12.6. The van der Waals surface area contributed by atoms with Gasteiger partial charge in [-0.3, -0.25) is 9.59 Å². The van der Waals surface area contributed by atoms with Gasteiger partial charge in [-0.25, -0.2) is 4.79 Å². The third-order valence-corrected chi connectivity index (χ3v) is 5.85. The van der Waals surface area contributed by atoms with Gasteiger partial charge in [0.05, 0.1) is 17.0 Å². The van der Waals surface area contributed by atoms with Crippen molar-refractivity contribution in [1.82, 2.24) is 0 Å². The molecule has 2 atom stereocenters. The van der Waals surface area contributed by atoms with Crippen molar-refractivity contribution in [3.8, 4) is 0 Å². The molecular formula is C20H21NO4S. The Bertz CT molecular complexity index is 856. The van der Waals surface area contributed by atoms with Crippen LogP contribution in [0, 0.1) is 12.8 Å². The van der Waals surface area contributed by atoms with Crippen LogP contribution in [0.5, 0.6) is 0 Å². The van der Waals surface area contributed by atoms with E-state index in [0.717, 1.165) is 23.3 Å². The van der Waals surface area contributed by atoms with Crippen LogP contribution in [0.15, 0.2) is 30.3 Å². The molecule has 2 aromatic rings. The zero-order chi connectivity index (χ0) is 18.8. The summed E-state index contributed by atoms with van der Waals surface area (Å²) < 4.78 is 5.10. The van der Waals surface area contributed by atoms with E-state index in [9.17, 15) is 14.4 Å². The van der Waals surface area contributed by atoms with E-state index in [-0.39, 0.29) is 35.7 Å². The lowest BCUT2D eigenvalue weighted by atomic mass is 10.1. The summed E-state index contributed by atoms with van der Waals surface area (Å²) in [6.45, 7) is 5.11. The second-order valence-electron chi connectivity index (χ2n) is 6.39. The van der Waals surface area contributed by atoms with Crippen LogP contribution in [0.3, 0.4) is 0 Å². The van der Waals surface area contributed by atoms with Crippen LogP contribution in [0.25, 0.3) is 0 Å². The number of carbonyl (C=O) groups excluding carboxylic acids is 3. The van der Waals surface area contributed by atoms with E-state index in [1.165, 1.54) is 6.92 Å². The van der Waals surface area contributed by atoms with Gasteiger partial charge in [0, 0.05) is 5.92 Å². The third kappa shape index (κ3) is 3.55. The zero-order valence-corrected chi connectivity index (χ0v) is 15.8. The lowest BCUT2D eigenvalue weighted by Gasteiger charge is -2.07. The quantitative estimate of drug-likeness (QED) is 0.611. The number of esters is 1. The Labute approximate surface area is 156 Å². The summed E-state index contributed by atoms with van der Waals surface area (Å²) in [5.41, 5.74) is 1.99. The molecule has 0 unspecified atom stereocenters. The first kappa shape index (κ1) is 18.3. The summed E-state index contributed by atoms with van der Waals surface area (Å²) in [6.07, 6.45) is 0.786. The summed E-state index contributed by atoms with van der Waals surface area (Å²) in [6, 6.07) is 9.91. The molecule has 1 saturated carbocycles. The molecule has 1 N–H and O–H groups in total. The van der Waals surface area contributed by atoms with Gasteiger partial charge in [-0.1, -0.05) is 30.3 Å². The van der Waals surface area contributed by atoms with Gasteiger partial charge in [0.15, 0.2) is 5.78 Å². The van der Waals surface area contributed by atoms with E-state index in [1.54, 1.807) is 13.8 Å². The summed E-state index contributed by atoms with van der Waals surface area (Å²) in [5.74, 6) is -0.682. The Morgan fingerprint density at radius 1 is 1.23 bits per heavy atom. The fraction of sp³-hybridized carbons (Fsp3) is 0.350. The predicted octanol–water partition coefficient (Wildman–Crippen LogP) is 4.18. The fourth-order valence-electron chi connectivity index (χ4n) is 3.14. The van der Waals surface area contributed by atoms with Gasteiger partial charge in [0.1, 0.15) is 5.00 Å². The largest absolute Gasteiger partial charge is 0.462 e. The number of ketones is 1. The summed E-state index contributed by atoms with van der Waals surface area (Å²) in [7, 11) is 0. The molecule has 0 aliphatic heterocycles. The molecule has 0 saturated heterocycles. The van der Waals surface area contributed by atoms with Crippen LogP contribution in [0.1, 0.15) is 57.3 Å². The van der Waals surface area contributed by atoms with Crippen molar-refractivity contribution < 1.29 is 19.1 Å². The number of rotatable bonds is 6. The summed E-state index contributed by atoms with van der Waals surface area (Å²) in [5, 5.41) is 3.25. The number of ether oxygens (including phenoxy) is 1. The van der Waals surface area contributed by atoms with Crippen molar-refractivity contribution in [3.63, 3.8) is 0 Å². The predicted molar refractivity (Wildman–Crippen MR) is 101 cm³/mol. The first-order valence-corrected chi connectivity index (χ1v) is 9.42. The molecule has 136 valence electrons. The highest BCUT2D eigenvalue weighted by molar-refractivity contribution is 7.18. The van der Waals surface area contributed by atoms with Crippen LogP contribution < -0.4 is 5.32 Å². The fourth-order valence-corrected chi connectivity index (χ4v) is 4.24. The zero-order valence-electron chi connectivity index (χ0n) is 15.0. The van der Waals surface area contributed by atoms with Gasteiger partial charge in [-0.15, -0.1) is 11.3 Å². The summed E-state index contributed by atoms with van der Waals surface area (Å²) >= 11 is 1.14. The first-order chi connectivity index (χ1) is 12.4. The lowest BCUT2D eigenvalue weighted by Crippen LogP contribution is -2.16. The summed E-state index contributed by atoms with van der Waals surface area (Å²) in [4.78, 5) is 37.2. The third-order valence-electron chi connectivity index (χ3n) is 4.54. The van der Waals surface area contributed by atoms with Crippen LogP contribution in [-0.4, -0.2) is 24.3 Å². The molecule has 1 aliphatic rings. The standard InChI is InChI=1S/C20H21NO4S/c1-4-25-20(24)16-11(2)17(12(3)22)26-19(16)21-18(23)15-10-14(15)13-8-6-5-7-9-13/h5-9,14-15H,4,10H2,1-3H3,(H,21,23)/t14-,15+/m1/s1. The Morgan fingerprint density at radius 2 is 1.92 bits per heavy atom. The van der Waals surface area contributed by atoms with Gasteiger partial charge in [-0.2, -0.15) is 0 Å². The van der Waals surface area contributed by atoms with Crippen LogP contribution in [-0.2, 0) is 9.53 Å². The number of anilines is 1. The van der Waals surface area contributed by atoms with E-state index in [0.29, 0.717) is 15.4 Å². The number of benzene rings is 1. The SMILES string of the molecule is CCOC(=O)c1c(NC(=O)[C@H]2C[C@@H]2c2ccccc2)sc(C(C)=O)c1C. The topological polar surface area (TPSA) is 72.5 Å². The molecule has 5 nitrogen and oxygen atoms in total. The van der Waals surface area contributed by atoms with Crippen LogP contribution in [0.2, 0.25) is 0 Å². The smallest absolute Gasteiger partial charge is 0.341 e. The molecule has 1 heterocycles. The molecule has 26 heavy (non-hydrogen) atoms. The van der Waals surface area contributed by atoms with Crippen molar-refractivity contribution in [3.05, 3.63) is 51.9 Å². The molecule has 1 aromatic heterocycles. The minimum atomic E-state index is -0.514. The Balaban J connectivity index is 1.81. The van der Waals surface area contributed by atoms with Gasteiger partial charge < -0.3 is 10.1 Å². The van der Waals surface area contributed by atoms with E-state index < -0.39 is 5.97 Å². The van der Waals surface area contributed by atoms with Crippen LogP contribution in [0.4, 0.5) is 5.00 Å². The van der Waals surface area contributed by atoms with Gasteiger partial charge in [0.2, 0.25) is 5.91 Å². The molecular weight excluding hydrogens is 350 g/mol. The van der Waals surface area contributed by atoms with Crippen molar-refractivity contribution in [2.75, 3.05) is 11.9 Å². The average Bonchev–Trinajstić information content (AvgIpc) is 3.34. The van der Waals surface area contributed by atoms with Crippen molar-refractivity contribution >= 4 is 34.0 Å². The molecule has 6 heteroatoms. The minimum absolute atomic E-state index is 0.115. The first-order valence-electron chi connectivity index (χ1n) is 8.61. The number of amides is 1. The second kappa shape index (κ2) is 7.41. The minimum Gasteiger partial charge on any atom is -0.462 e. The monoisotopic (exact) mass is 371 g/mol. The number of nitrogens with one attached hydrogen (secondary N) is 1. The number of thiophene rings is 1. The highest BCUT2D eigenvalue weighted by atomic mass is 32.1. The van der Waals surface area contributed by atoms with E-state index in [4.69, 9.17) is 4.74 Å². The highest BCUT2D eigenvalue weighted by Crippen LogP contribution is 2.48. The highest BCUT2D eigenvalue weighted by Gasteiger charge is 2.44.